The highest BCUT2D eigenvalue weighted by Gasteiger charge is 2.46. The van der Waals surface area contributed by atoms with Gasteiger partial charge in [-0.1, -0.05) is 29.3 Å². The third-order valence-electron chi connectivity index (χ3n) is 3.92. The van der Waals surface area contributed by atoms with E-state index < -0.39 is 15.6 Å². The summed E-state index contributed by atoms with van der Waals surface area (Å²) in [6.07, 6.45) is 1.77. The summed E-state index contributed by atoms with van der Waals surface area (Å²) in [5.41, 5.74) is -1.19. The van der Waals surface area contributed by atoms with Crippen LogP contribution >= 0.6 is 34.5 Å². The maximum Gasteiger partial charge on any atom is 0.242 e. The zero-order valence-corrected chi connectivity index (χ0v) is 15.1. The summed E-state index contributed by atoms with van der Waals surface area (Å²) in [5.74, 6) is 0.0682. The van der Waals surface area contributed by atoms with E-state index in [-0.39, 0.29) is 27.4 Å². The molecule has 2 N–H and O–H groups in total. The Balaban J connectivity index is 1.85. The van der Waals surface area contributed by atoms with Crippen molar-refractivity contribution in [3.63, 3.8) is 0 Å². The molecule has 0 aliphatic heterocycles. The van der Waals surface area contributed by atoms with Crippen LogP contribution in [0.4, 0.5) is 0 Å². The average molecular weight is 392 g/mol. The Kier molecular flexibility index (Phi) is 4.75. The minimum absolute atomic E-state index is 0.0682. The van der Waals surface area contributed by atoms with Crippen LogP contribution in [0.1, 0.15) is 17.7 Å². The topological polar surface area (TPSA) is 66.4 Å². The van der Waals surface area contributed by atoms with Crippen molar-refractivity contribution in [2.75, 3.05) is 6.54 Å². The zero-order valence-electron chi connectivity index (χ0n) is 12.0. The van der Waals surface area contributed by atoms with E-state index >= 15 is 0 Å². The Morgan fingerprint density at radius 1 is 1.30 bits per heavy atom. The maximum atomic E-state index is 12.5. The fraction of sp³-hybridized carbons (Fsp3) is 0.333. The highest BCUT2D eigenvalue weighted by atomic mass is 35.5. The van der Waals surface area contributed by atoms with Gasteiger partial charge in [0.1, 0.15) is 10.5 Å². The van der Waals surface area contributed by atoms with Gasteiger partial charge in [-0.2, -0.15) is 0 Å². The summed E-state index contributed by atoms with van der Waals surface area (Å²) in [6.45, 7) is -0.0939. The summed E-state index contributed by atoms with van der Waals surface area (Å²) in [5, 5.41) is 13.2. The molecule has 1 aromatic carbocycles. The van der Waals surface area contributed by atoms with Gasteiger partial charge in [0.15, 0.2) is 0 Å². The molecule has 4 nitrogen and oxygen atoms in total. The number of hydrogen-bond acceptors (Lipinski definition) is 4. The number of rotatable bonds is 6. The number of halogens is 2. The first-order valence-corrected chi connectivity index (χ1v) is 10.2. The molecule has 1 atom stereocenters. The fourth-order valence-corrected chi connectivity index (χ4v) is 5.22. The molecule has 0 bridgehead atoms. The van der Waals surface area contributed by atoms with Crippen LogP contribution in [0.3, 0.4) is 0 Å². The highest BCUT2D eigenvalue weighted by molar-refractivity contribution is 7.89. The molecule has 0 unspecified atom stereocenters. The number of thiophene rings is 1. The molecule has 0 amide bonds. The molecule has 1 aliphatic rings. The summed E-state index contributed by atoms with van der Waals surface area (Å²) in [6, 6.07) is 7.92. The Morgan fingerprint density at radius 2 is 2.04 bits per heavy atom. The van der Waals surface area contributed by atoms with Crippen molar-refractivity contribution < 1.29 is 13.5 Å². The van der Waals surface area contributed by atoms with Gasteiger partial charge in [0, 0.05) is 16.4 Å². The molecule has 2 aromatic rings. The van der Waals surface area contributed by atoms with E-state index in [1.165, 1.54) is 29.5 Å². The largest absolute Gasteiger partial charge is 0.383 e. The Labute approximate surface area is 149 Å². The lowest BCUT2D eigenvalue weighted by Gasteiger charge is -2.27. The molecule has 0 radical (unpaired) electrons. The predicted octanol–water partition coefficient (Wildman–Crippen LogP) is 3.63. The zero-order chi connectivity index (χ0) is 16.7. The van der Waals surface area contributed by atoms with Gasteiger partial charge in [-0.05, 0) is 48.4 Å². The molecule has 23 heavy (non-hydrogen) atoms. The summed E-state index contributed by atoms with van der Waals surface area (Å²) < 4.78 is 27.5. The van der Waals surface area contributed by atoms with Crippen LogP contribution in [0.5, 0.6) is 0 Å². The van der Waals surface area contributed by atoms with E-state index in [1.54, 1.807) is 0 Å². The molecular weight excluding hydrogens is 377 g/mol. The monoisotopic (exact) mass is 391 g/mol. The van der Waals surface area contributed by atoms with Gasteiger partial charge in [-0.15, -0.1) is 11.3 Å². The second kappa shape index (κ2) is 6.35. The van der Waals surface area contributed by atoms with Gasteiger partial charge in [0.2, 0.25) is 10.0 Å². The normalized spacial score (nSPS) is 17.9. The summed E-state index contributed by atoms with van der Waals surface area (Å²) in [7, 11) is -3.87. The molecule has 1 heterocycles. The van der Waals surface area contributed by atoms with Crippen LogP contribution in [0.2, 0.25) is 10.0 Å². The van der Waals surface area contributed by atoms with Crippen molar-refractivity contribution in [2.24, 2.45) is 5.92 Å². The lowest BCUT2D eigenvalue weighted by atomic mass is 9.96. The Bertz CT molecular complexity index is 804. The predicted molar refractivity (Wildman–Crippen MR) is 92.6 cm³/mol. The van der Waals surface area contributed by atoms with Gasteiger partial charge in [0.25, 0.3) is 0 Å². The van der Waals surface area contributed by atoms with Crippen molar-refractivity contribution in [1.29, 1.82) is 0 Å². The van der Waals surface area contributed by atoms with Crippen LogP contribution in [-0.4, -0.2) is 20.1 Å². The first-order valence-electron chi connectivity index (χ1n) is 7.04. The van der Waals surface area contributed by atoms with Crippen LogP contribution in [0.25, 0.3) is 0 Å². The minimum atomic E-state index is -3.87. The van der Waals surface area contributed by atoms with E-state index in [1.807, 2.05) is 17.5 Å². The molecular formula is C15H15Cl2NO3S2. The quantitative estimate of drug-likeness (QED) is 0.789. The molecule has 1 fully saturated rings. The molecule has 3 rings (SSSR count). The van der Waals surface area contributed by atoms with Crippen molar-refractivity contribution in [3.05, 3.63) is 50.6 Å². The van der Waals surface area contributed by atoms with Crippen molar-refractivity contribution in [1.82, 2.24) is 4.72 Å². The van der Waals surface area contributed by atoms with Crippen LogP contribution in [-0.2, 0) is 15.6 Å². The molecule has 1 aliphatic carbocycles. The lowest BCUT2D eigenvalue weighted by Crippen LogP contribution is -2.42. The van der Waals surface area contributed by atoms with Crippen LogP contribution < -0.4 is 4.72 Å². The Morgan fingerprint density at radius 3 is 2.65 bits per heavy atom. The number of hydrogen-bond donors (Lipinski definition) is 2. The SMILES string of the molecule is O=S(=O)(NC[C@](O)(c1cccs1)C1CC1)c1cc(Cl)ccc1Cl. The highest BCUT2D eigenvalue weighted by Crippen LogP contribution is 2.46. The van der Waals surface area contributed by atoms with Gasteiger partial charge in [-0.25, -0.2) is 13.1 Å². The fourth-order valence-electron chi connectivity index (χ4n) is 2.48. The molecule has 124 valence electrons. The first kappa shape index (κ1) is 17.2. The van der Waals surface area contributed by atoms with Crippen molar-refractivity contribution in [2.45, 2.75) is 23.3 Å². The smallest absolute Gasteiger partial charge is 0.242 e. The van der Waals surface area contributed by atoms with E-state index in [2.05, 4.69) is 4.72 Å². The van der Waals surface area contributed by atoms with Crippen molar-refractivity contribution in [3.8, 4) is 0 Å². The van der Waals surface area contributed by atoms with Crippen molar-refractivity contribution >= 4 is 44.6 Å². The van der Waals surface area contributed by atoms with E-state index in [4.69, 9.17) is 23.2 Å². The van der Waals surface area contributed by atoms with Gasteiger partial charge < -0.3 is 5.11 Å². The van der Waals surface area contributed by atoms with E-state index in [9.17, 15) is 13.5 Å². The van der Waals surface area contributed by atoms with Gasteiger partial charge >= 0.3 is 0 Å². The molecule has 1 saturated carbocycles. The Hall–Kier alpha value is -0.630. The molecule has 1 aromatic heterocycles. The van der Waals surface area contributed by atoms with E-state index in [0.717, 1.165) is 17.7 Å². The second-order valence-electron chi connectivity index (χ2n) is 5.58. The number of sulfonamides is 1. The molecule has 0 spiro atoms. The summed E-state index contributed by atoms with van der Waals surface area (Å²) in [4.78, 5) is 0.677. The standard InChI is InChI=1S/C15H15Cl2NO3S2/c16-11-5-6-12(17)13(8-11)23(20,21)18-9-15(19,10-3-4-10)14-2-1-7-22-14/h1-2,5-8,10,18-19H,3-4,9H2/t15-/m1/s1. The number of benzene rings is 1. The minimum Gasteiger partial charge on any atom is -0.383 e. The van der Waals surface area contributed by atoms with Crippen LogP contribution in [0, 0.1) is 5.92 Å². The summed E-state index contributed by atoms with van der Waals surface area (Å²) >= 11 is 13.2. The lowest BCUT2D eigenvalue weighted by molar-refractivity contribution is 0.0222. The van der Waals surface area contributed by atoms with Crippen LogP contribution in [0.15, 0.2) is 40.6 Å². The average Bonchev–Trinajstić information content (AvgIpc) is 3.22. The number of aliphatic hydroxyl groups is 1. The van der Waals surface area contributed by atoms with Gasteiger partial charge in [-0.3, -0.25) is 0 Å². The molecule has 0 saturated heterocycles. The van der Waals surface area contributed by atoms with E-state index in [0.29, 0.717) is 0 Å². The third kappa shape index (κ3) is 3.57. The second-order valence-corrected chi connectivity index (χ2v) is 9.10. The molecule has 8 heteroatoms. The van der Waals surface area contributed by atoms with Gasteiger partial charge in [0.05, 0.1) is 5.02 Å². The maximum absolute atomic E-state index is 12.5. The first-order chi connectivity index (χ1) is 10.8. The number of nitrogens with one attached hydrogen (secondary N) is 1. The third-order valence-corrected chi connectivity index (χ3v) is 7.07.